The third-order valence-electron chi connectivity index (χ3n) is 3.01. The maximum absolute atomic E-state index is 12.5. The van der Waals surface area contributed by atoms with Crippen LogP contribution in [-0.4, -0.2) is 39.9 Å². The molecule has 2 aromatic rings. The summed E-state index contributed by atoms with van der Waals surface area (Å²) in [6.07, 6.45) is 5.30. The molecule has 7 heteroatoms. The van der Waals surface area contributed by atoms with Crippen LogP contribution in [0.1, 0.15) is 12.5 Å². The number of aldehydes is 1. The normalized spacial score (nSPS) is 13.2. The summed E-state index contributed by atoms with van der Waals surface area (Å²) in [7, 11) is 1.45. The molecule has 0 radical (unpaired) electrons. The fraction of sp³-hybridized carbons (Fsp3) is 0.357. The molecule has 0 aromatic carbocycles. The maximum Gasteiger partial charge on any atom is 0.262 e. The summed E-state index contributed by atoms with van der Waals surface area (Å²) in [5.41, 5.74) is 1.12. The van der Waals surface area contributed by atoms with Crippen LogP contribution in [0.2, 0.25) is 0 Å². The van der Waals surface area contributed by atoms with Crippen molar-refractivity contribution in [3.05, 3.63) is 34.6 Å². The van der Waals surface area contributed by atoms with Crippen LogP contribution in [0.25, 0.3) is 10.9 Å². The average molecular weight is 288 g/mol. The highest BCUT2D eigenvalue weighted by Gasteiger charge is 2.10. The van der Waals surface area contributed by atoms with Gasteiger partial charge in [0.05, 0.1) is 30.5 Å². The van der Waals surface area contributed by atoms with Crippen molar-refractivity contribution in [1.82, 2.24) is 14.5 Å². The summed E-state index contributed by atoms with van der Waals surface area (Å²) in [5.74, 6) is 0.296. The number of carbonyl (C=O) groups excluding carboxylic acids is 1. The minimum absolute atomic E-state index is 0.123. The first-order valence-corrected chi connectivity index (χ1v) is 6.42. The first-order chi connectivity index (χ1) is 10.1. The smallest absolute Gasteiger partial charge is 0.262 e. The van der Waals surface area contributed by atoms with E-state index in [1.54, 1.807) is 19.3 Å². The van der Waals surface area contributed by atoms with Gasteiger partial charge in [0.15, 0.2) is 0 Å². The summed E-state index contributed by atoms with van der Waals surface area (Å²) < 4.78 is 6.51. The van der Waals surface area contributed by atoms with Gasteiger partial charge in [0.2, 0.25) is 5.90 Å². The molecule has 0 saturated heterocycles. The molecule has 0 spiro atoms. The van der Waals surface area contributed by atoms with Crippen molar-refractivity contribution < 1.29 is 9.53 Å². The van der Waals surface area contributed by atoms with Gasteiger partial charge in [-0.3, -0.25) is 14.3 Å². The topological polar surface area (TPSA) is 86.4 Å². The van der Waals surface area contributed by atoms with Crippen molar-refractivity contribution in [2.75, 3.05) is 7.11 Å². The molecule has 21 heavy (non-hydrogen) atoms. The molecular weight excluding hydrogens is 272 g/mol. The van der Waals surface area contributed by atoms with E-state index in [9.17, 15) is 9.59 Å². The number of aromatic nitrogens is 3. The van der Waals surface area contributed by atoms with E-state index in [0.717, 1.165) is 5.56 Å². The Labute approximate surface area is 121 Å². The summed E-state index contributed by atoms with van der Waals surface area (Å²) in [5, 5.41) is 0.520. The summed E-state index contributed by atoms with van der Waals surface area (Å²) in [6.45, 7) is 3.57. The average Bonchev–Trinajstić information content (AvgIpc) is 2.48. The van der Waals surface area contributed by atoms with E-state index < -0.39 is 6.04 Å². The number of hydrogen-bond donors (Lipinski definition) is 0. The Morgan fingerprint density at radius 3 is 2.95 bits per heavy atom. The van der Waals surface area contributed by atoms with Crippen LogP contribution in [0.4, 0.5) is 0 Å². The number of aliphatic imine (C=N–C) groups is 1. The molecule has 1 unspecified atom stereocenters. The Kier molecular flexibility index (Phi) is 4.42. The molecule has 0 saturated carbocycles. The standard InChI is InChI=1S/C14H16N4O3/c1-9-4-15-5-11-13(9)14(20)18(8-16-11)6-12(21-3)17-10(2)7-19/h4-5,7-8,10H,6H2,1-3H3. The molecule has 2 aromatic heterocycles. The van der Waals surface area contributed by atoms with Gasteiger partial charge in [-0.2, -0.15) is 0 Å². The molecule has 0 aliphatic rings. The van der Waals surface area contributed by atoms with Gasteiger partial charge in [-0.25, -0.2) is 9.98 Å². The van der Waals surface area contributed by atoms with Crippen molar-refractivity contribution in [2.24, 2.45) is 4.99 Å². The van der Waals surface area contributed by atoms with Gasteiger partial charge in [-0.05, 0) is 19.4 Å². The largest absolute Gasteiger partial charge is 0.483 e. The second kappa shape index (κ2) is 6.25. The lowest BCUT2D eigenvalue weighted by atomic mass is 10.2. The molecule has 7 nitrogen and oxygen atoms in total. The Hall–Kier alpha value is -2.57. The van der Waals surface area contributed by atoms with Crippen LogP contribution in [0.15, 0.2) is 28.5 Å². The molecule has 1 atom stereocenters. The quantitative estimate of drug-likeness (QED) is 0.470. The monoisotopic (exact) mass is 288 g/mol. The highest BCUT2D eigenvalue weighted by atomic mass is 16.5. The zero-order chi connectivity index (χ0) is 15.4. The number of aryl methyl sites for hydroxylation is 1. The van der Waals surface area contributed by atoms with Gasteiger partial charge < -0.3 is 9.53 Å². The van der Waals surface area contributed by atoms with Crippen LogP contribution < -0.4 is 5.56 Å². The van der Waals surface area contributed by atoms with Gasteiger partial charge in [0.25, 0.3) is 5.56 Å². The number of fused-ring (bicyclic) bond motifs is 1. The van der Waals surface area contributed by atoms with Crippen LogP contribution >= 0.6 is 0 Å². The van der Waals surface area contributed by atoms with E-state index in [1.165, 1.54) is 18.0 Å². The minimum Gasteiger partial charge on any atom is -0.483 e. The number of carbonyl (C=O) groups is 1. The lowest BCUT2D eigenvalue weighted by molar-refractivity contribution is -0.108. The zero-order valence-corrected chi connectivity index (χ0v) is 12.1. The molecule has 0 N–H and O–H groups in total. The Morgan fingerprint density at radius 1 is 1.52 bits per heavy atom. The van der Waals surface area contributed by atoms with Crippen molar-refractivity contribution >= 4 is 23.1 Å². The van der Waals surface area contributed by atoms with Gasteiger partial charge in [0.1, 0.15) is 18.9 Å². The molecule has 0 aliphatic carbocycles. The number of pyridine rings is 1. The summed E-state index contributed by atoms with van der Waals surface area (Å²) in [4.78, 5) is 35.4. The second-order valence-corrected chi connectivity index (χ2v) is 4.63. The van der Waals surface area contributed by atoms with Crippen molar-refractivity contribution in [3.8, 4) is 0 Å². The van der Waals surface area contributed by atoms with E-state index in [4.69, 9.17) is 4.74 Å². The van der Waals surface area contributed by atoms with Gasteiger partial charge in [0, 0.05) is 6.20 Å². The predicted octanol–water partition coefficient (Wildman–Crippen LogP) is 0.732. The SMILES string of the molecule is COC(Cn1cnc2cncc(C)c2c1=O)=NC(C)C=O. The highest BCUT2D eigenvalue weighted by Crippen LogP contribution is 2.09. The van der Waals surface area contributed by atoms with Crippen molar-refractivity contribution in [1.29, 1.82) is 0 Å². The van der Waals surface area contributed by atoms with E-state index in [2.05, 4.69) is 15.0 Å². The van der Waals surface area contributed by atoms with Crippen LogP contribution in [0, 0.1) is 6.92 Å². The lowest BCUT2D eigenvalue weighted by Gasteiger charge is -2.10. The van der Waals surface area contributed by atoms with Gasteiger partial charge in [-0.15, -0.1) is 0 Å². The third-order valence-corrected chi connectivity index (χ3v) is 3.01. The molecule has 110 valence electrons. The first-order valence-electron chi connectivity index (χ1n) is 6.42. The molecule has 0 aliphatic heterocycles. The Morgan fingerprint density at radius 2 is 2.29 bits per heavy atom. The summed E-state index contributed by atoms with van der Waals surface area (Å²) in [6, 6.07) is -0.519. The number of ether oxygens (including phenoxy) is 1. The lowest BCUT2D eigenvalue weighted by Crippen LogP contribution is -2.26. The predicted molar refractivity (Wildman–Crippen MR) is 78.5 cm³/mol. The van der Waals surface area contributed by atoms with Gasteiger partial charge in [-0.1, -0.05) is 0 Å². The fourth-order valence-electron chi connectivity index (χ4n) is 1.93. The number of nitrogens with zero attached hydrogens (tertiary/aromatic N) is 4. The molecule has 0 bridgehead atoms. The van der Waals surface area contributed by atoms with E-state index in [-0.39, 0.29) is 12.1 Å². The second-order valence-electron chi connectivity index (χ2n) is 4.63. The molecule has 0 fully saturated rings. The zero-order valence-electron chi connectivity index (χ0n) is 12.1. The van der Waals surface area contributed by atoms with E-state index >= 15 is 0 Å². The third kappa shape index (κ3) is 3.13. The van der Waals surface area contributed by atoms with Gasteiger partial charge >= 0.3 is 0 Å². The van der Waals surface area contributed by atoms with Crippen LogP contribution in [-0.2, 0) is 16.1 Å². The Balaban J connectivity index is 2.46. The molecule has 2 rings (SSSR count). The minimum atomic E-state index is -0.519. The maximum atomic E-state index is 12.5. The van der Waals surface area contributed by atoms with E-state index in [1.807, 2.05) is 6.92 Å². The fourth-order valence-corrected chi connectivity index (χ4v) is 1.93. The highest BCUT2D eigenvalue weighted by molar-refractivity contribution is 5.81. The van der Waals surface area contributed by atoms with Crippen LogP contribution in [0.3, 0.4) is 0 Å². The summed E-state index contributed by atoms with van der Waals surface area (Å²) >= 11 is 0. The molecule has 0 amide bonds. The number of hydrogen-bond acceptors (Lipinski definition) is 6. The van der Waals surface area contributed by atoms with Crippen molar-refractivity contribution in [3.63, 3.8) is 0 Å². The molecular formula is C14H16N4O3. The van der Waals surface area contributed by atoms with E-state index in [0.29, 0.717) is 23.1 Å². The molecule has 2 heterocycles. The van der Waals surface area contributed by atoms with Crippen molar-refractivity contribution in [2.45, 2.75) is 26.4 Å². The number of rotatable bonds is 4. The Bertz CT molecular complexity index is 751. The first kappa shape index (κ1) is 14.8. The number of methoxy groups -OCH3 is 1. The van der Waals surface area contributed by atoms with Crippen LogP contribution in [0.5, 0.6) is 0 Å².